The molecule has 0 radical (unpaired) electrons. The lowest BCUT2D eigenvalue weighted by molar-refractivity contribution is -0.139. The Morgan fingerprint density at radius 2 is 2.00 bits per heavy atom. The lowest BCUT2D eigenvalue weighted by Gasteiger charge is -2.19. The van der Waals surface area contributed by atoms with E-state index in [0.717, 1.165) is 5.69 Å². The number of carbonyl (C=O) groups excluding carboxylic acids is 1. The largest absolute Gasteiger partial charge is 0.481 e. The maximum absolute atomic E-state index is 11.8. The third-order valence-electron chi connectivity index (χ3n) is 2.86. The first kappa shape index (κ1) is 16.8. The molecule has 0 fully saturated rings. The highest BCUT2D eigenvalue weighted by atomic mass is 16.5. The van der Waals surface area contributed by atoms with Crippen LogP contribution in [-0.2, 0) is 9.53 Å². The van der Waals surface area contributed by atoms with Crippen molar-refractivity contribution >= 4 is 23.4 Å². The first-order chi connectivity index (χ1) is 9.93. The molecule has 1 unspecified atom stereocenters. The van der Waals surface area contributed by atoms with Gasteiger partial charge in [-0.1, -0.05) is 12.1 Å². The first-order valence-electron chi connectivity index (χ1n) is 6.49. The van der Waals surface area contributed by atoms with E-state index in [2.05, 4.69) is 10.6 Å². The number of para-hydroxylation sites is 2. The molecule has 0 saturated carbocycles. The van der Waals surface area contributed by atoms with E-state index in [1.54, 1.807) is 6.07 Å². The number of amides is 2. The molecule has 3 N–H and O–H groups in total. The van der Waals surface area contributed by atoms with Crippen molar-refractivity contribution in [1.29, 1.82) is 0 Å². The molecule has 7 nitrogen and oxygen atoms in total. The van der Waals surface area contributed by atoms with Crippen molar-refractivity contribution in [2.45, 2.75) is 12.5 Å². The van der Waals surface area contributed by atoms with E-state index >= 15 is 0 Å². The van der Waals surface area contributed by atoms with Gasteiger partial charge in [0.1, 0.15) is 0 Å². The number of hydrogen-bond acceptors (Lipinski definition) is 4. The Kier molecular flexibility index (Phi) is 6.48. The number of benzene rings is 1. The molecular formula is C14H21N3O4. The Labute approximate surface area is 123 Å². The molecule has 0 saturated heterocycles. The van der Waals surface area contributed by atoms with Crippen LogP contribution >= 0.6 is 0 Å². The maximum atomic E-state index is 11.8. The van der Waals surface area contributed by atoms with Gasteiger partial charge in [-0.3, -0.25) is 4.79 Å². The molecule has 1 atom stereocenters. The van der Waals surface area contributed by atoms with Crippen molar-refractivity contribution in [2.24, 2.45) is 0 Å². The summed E-state index contributed by atoms with van der Waals surface area (Å²) in [5.74, 6) is -0.970. The van der Waals surface area contributed by atoms with Crippen LogP contribution in [0, 0.1) is 0 Å². The van der Waals surface area contributed by atoms with Crippen molar-refractivity contribution in [2.75, 3.05) is 38.0 Å². The van der Waals surface area contributed by atoms with Crippen molar-refractivity contribution in [1.82, 2.24) is 5.32 Å². The number of carboxylic acid groups (broad SMARTS) is 1. The van der Waals surface area contributed by atoms with Crippen molar-refractivity contribution in [3.8, 4) is 0 Å². The molecule has 1 rings (SSSR count). The van der Waals surface area contributed by atoms with E-state index in [1.807, 2.05) is 37.2 Å². The van der Waals surface area contributed by atoms with E-state index in [9.17, 15) is 9.59 Å². The standard InChI is InChI=1S/C14H21N3O4/c1-17(2)12-7-5-4-6-11(12)16-14(20)15-9-10(21-3)8-13(18)19/h4-7,10H,8-9H2,1-3H3,(H,18,19)(H2,15,16,20). The topological polar surface area (TPSA) is 90.9 Å². The monoisotopic (exact) mass is 295 g/mol. The number of ether oxygens (including phenoxy) is 1. The first-order valence-corrected chi connectivity index (χ1v) is 6.49. The average molecular weight is 295 g/mol. The Morgan fingerprint density at radius 1 is 1.33 bits per heavy atom. The molecule has 7 heteroatoms. The van der Waals surface area contributed by atoms with Gasteiger partial charge >= 0.3 is 12.0 Å². The predicted octanol–water partition coefficient (Wildman–Crippen LogP) is 1.36. The van der Waals surface area contributed by atoms with Gasteiger partial charge in [0, 0.05) is 27.7 Å². The van der Waals surface area contributed by atoms with Crippen molar-refractivity contribution in [3.05, 3.63) is 24.3 Å². The summed E-state index contributed by atoms with van der Waals surface area (Å²) in [6.07, 6.45) is -0.720. The second-order valence-corrected chi connectivity index (χ2v) is 4.70. The molecule has 1 aromatic rings. The summed E-state index contributed by atoms with van der Waals surface area (Å²) >= 11 is 0. The Morgan fingerprint density at radius 3 is 2.57 bits per heavy atom. The zero-order valence-corrected chi connectivity index (χ0v) is 12.4. The summed E-state index contributed by atoms with van der Waals surface area (Å²) in [6.45, 7) is 0.124. The maximum Gasteiger partial charge on any atom is 0.319 e. The van der Waals surface area contributed by atoms with Crippen LogP contribution in [0.15, 0.2) is 24.3 Å². The lowest BCUT2D eigenvalue weighted by Crippen LogP contribution is -2.37. The number of methoxy groups -OCH3 is 1. The molecule has 0 aliphatic carbocycles. The second-order valence-electron chi connectivity index (χ2n) is 4.70. The highest BCUT2D eigenvalue weighted by Gasteiger charge is 2.14. The summed E-state index contributed by atoms with van der Waals surface area (Å²) in [4.78, 5) is 24.3. The second kappa shape index (κ2) is 8.11. The number of rotatable bonds is 7. The Hall–Kier alpha value is -2.28. The minimum atomic E-state index is -0.970. The molecule has 116 valence electrons. The summed E-state index contributed by atoms with van der Waals surface area (Å²) in [7, 11) is 5.17. The molecule has 21 heavy (non-hydrogen) atoms. The van der Waals surface area contributed by atoms with Gasteiger partial charge in [-0.25, -0.2) is 4.79 Å². The number of anilines is 2. The van der Waals surface area contributed by atoms with Crippen LogP contribution in [0.3, 0.4) is 0 Å². The number of hydrogen-bond donors (Lipinski definition) is 3. The molecule has 0 heterocycles. The number of carbonyl (C=O) groups is 2. The zero-order valence-electron chi connectivity index (χ0n) is 12.4. The van der Waals surface area contributed by atoms with E-state index in [0.29, 0.717) is 5.69 Å². The fraction of sp³-hybridized carbons (Fsp3) is 0.429. The van der Waals surface area contributed by atoms with E-state index in [4.69, 9.17) is 9.84 Å². The fourth-order valence-electron chi connectivity index (χ4n) is 1.78. The third-order valence-corrected chi connectivity index (χ3v) is 2.86. The van der Waals surface area contributed by atoms with Gasteiger partial charge in [0.05, 0.1) is 23.9 Å². The SMILES string of the molecule is COC(CNC(=O)Nc1ccccc1N(C)C)CC(=O)O. The molecule has 1 aromatic carbocycles. The normalized spacial score (nSPS) is 11.6. The van der Waals surface area contributed by atoms with Gasteiger partial charge in [-0.15, -0.1) is 0 Å². The number of urea groups is 1. The van der Waals surface area contributed by atoms with Crippen LogP contribution < -0.4 is 15.5 Å². The predicted molar refractivity (Wildman–Crippen MR) is 80.8 cm³/mol. The molecule has 0 aliphatic heterocycles. The van der Waals surface area contributed by atoms with Crippen LogP contribution in [0.2, 0.25) is 0 Å². The average Bonchev–Trinajstić information content (AvgIpc) is 2.43. The molecular weight excluding hydrogens is 274 g/mol. The number of aliphatic carboxylic acids is 1. The number of nitrogens with one attached hydrogen (secondary N) is 2. The molecule has 0 spiro atoms. The molecule has 2 amide bonds. The van der Waals surface area contributed by atoms with Gasteiger partial charge in [0.25, 0.3) is 0 Å². The Bertz CT molecular complexity index is 491. The lowest BCUT2D eigenvalue weighted by atomic mass is 10.2. The highest BCUT2D eigenvalue weighted by Crippen LogP contribution is 2.23. The number of carboxylic acids is 1. The summed E-state index contributed by atoms with van der Waals surface area (Å²) in [5.41, 5.74) is 1.55. The third kappa shape index (κ3) is 5.70. The molecule has 0 bridgehead atoms. The van der Waals surface area contributed by atoms with Crippen LogP contribution in [-0.4, -0.2) is 51.0 Å². The fourth-order valence-corrected chi connectivity index (χ4v) is 1.78. The summed E-state index contributed by atoms with van der Waals surface area (Å²) in [5, 5.41) is 14.0. The van der Waals surface area contributed by atoms with Crippen LogP contribution in [0.1, 0.15) is 6.42 Å². The van der Waals surface area contributed by atoms with Crippen molar-refractivity contribution in [3.63, 3.8) is 0 Å². The van der Waals surface area contributed by atoms with E-state index in [1.165, 1.54) is 7.11 Å². The van der Waals surface area contributed by atoms with Gasteiger partial charge in [-0.05, 0) is 12.1 Å². The van der Waals surface area contributed by atoms with Crippen LogP contribution in [0.5, 0.6) is 0 Å². The summed E-state index contributed by atoms with van der Waals surface area (Å²) < 4.78 is 4.99. The van der Waals surface area contributed by atoms with Crippen LogP contribution in [0.4, 0.5) is 16.2 Å². The Balaban J connectivity index is 2.56. The van der Waals surface area contributed by atoms with Gasteiger partial charge in [-0.2, -0.15) is 0 Å². The molecule has 0 aromatic heterocycles. The minimum absolute atomic E-state index is 0.124. The minimum Gasteiger partial charge on any atom is -0.481 e. The summed E-state index contributed by atoms with van der Waals surface area (Å²) in [6, 6.07) is 6.98. The zero-order chi connectivity index (χ0) is 15.8. The van der Waals surface area contributed by atoms with E-state index in [-0.39, 0.29) is 13.0 Å². The smallest absolute Gasteiger partial charge is 0.319 e. The van der Waals surface area contributed by atoms with Gasteiger partial charge in [0.2, 0.25) is 0 Å². The number of nitrogens with zero attached hydrogens (tertiary/aromatic N) is 1. The van der Waals surface area contributed by atoms with Gasteiger partial charge < -0.3 is 25.4 Å². The van der Waals surface area contributed by atoms with Crippen molar-refractivity contribution < 1.29 is 19.4 Å². The van der Waals surface area contributed by atoms with E-state index < -0.39 is 18.1 Å². The van der Waals surface area contributed by atoms with Gasteiger partial charge in [0.15, 0.2) is 0 Å². The van der Waals surface area contributed by atoms with Crippen LogP contribution in [0.25, 0.3) is 0 Å². The highest BCUT2D eigenvalue weighted by molar-refractivity contribution is 5.93. The quantitative estimate of drug-likeness (QED) is 0.706. The molecule has 0 aliphatic rings.